The second-order valence-corrected chi connectivity index (χ2v) is 17.8. The van der Waals surface area contributed by atoms with Crippen molar-refractivity contribution in [1.82, 2.24) is 0 Å². The van der Waals surface area contributed by atoms with E-state index in [0.29, 0.717) is 19.3 Å². The fraction of sp³-hybridized carbons (Fsp3) is 0.741. The Kier molecular flexibility index (Phi) is 49.9. The molecule has 0 N–H and O–H groups in total. The Hall–Kier alpha value is -3.15. The second-order valence-electron chi connectivity index (χ2n) is 17.8. The van der Waals surface area contributed by atoms with Gasteiger partial charge in [0, 0.05) is 19.3 Å². The van der Waals surface area contributed by atoms with Gasteiger partial charge in [0.15, 0.2) is 6.10 Å². The monoisotopic (exact) mass is 893 g/mol. The number of hydrogen-bond acceptors (Lipinski definition) is 6. The molecule has 0 spiro atoms. The van der Waals surface area contributed by atoms with Crippen molar-refractivity contribution in [3.63, 3.8) is 0 Å². The summed E-state index contributed by atoms with van der Waals surface area (Å²) in [5.74, 6) is -0.897. The molecule has 0 aliphatic carbocycles. The van der Waals surface area contributed by atoms with Gasteiger partial charge >= 0.3 is 17.9 Å². The van der Waals surface area contributed by atoms with E-state index >= 15 is 0 Å². The second kappa shape index (κ2) is 52.5. The van der Waals surface area contributed by atoms with Crippen molar-refractivity contribution in [2.45, 2.75) is 264 Å². The van der Waals surface area contributed by atoms with E-state index in [1.807, 2.05) is 0 Å². The van der Waals surface area contributed by atoms with Crippen LogP contribution >= 0.6 is 0 Å². The van der Waals surface area contributed by atoms with Gasteiger partial charge in [-0.2, -0.15) is 0 Å². The van der Waals surface area contributed by atoms with Gasteiger partial charge in [0.25, 0.3) is 0 Å². The van der Waals surface area contributed by atoms with Crippen molar-refractivity contribution in [2.75, 3.05) is 13.2 Å². The highest BCUT2D eigenvalue weighted by molar-refractivity contribution is 5.71. The molecule has 0 bridgehead atoms. The smallest absolute Gasteiger partial charge is 0.306 e. The molecule has 0 fully saturated rings. The third kappa shape index (κ3) is 49.9. The van der Waals surface area contributed by atoms with Gasteiger partial charge < -0.3 is 14.2 Å². The molecular weight excluding hydrogens is 793 g/mol. The van der Waals surface area contributed by atoms with Crippen molar-refractivity contribution in [1.29, 1.82) is 0 Å². The Bertz CT molecular complexity index is 1210. The summed E-state index contributed by atoms with van der Waals surface area (Å²) in [4.78, 5) is 37.9. The van der Waals surface area contributed by atoms with Gasteiger partial charge in [0.05, 0.1) is 0 Å². The summed E-state index contributed by atoms with van der Waals surface area (Å²) in [7, 11) is 0. The average molecular weight is 893 g/mol. The molecule has 0 aromatic rings. The summed E-state index contributed by atoms with van der Waals surface area (Å²) in [5, 5.41) is 0. The molecule has 0 radical (unpaired) electrons. The van der Waals surface area contributed by atoms with Crippen LogP contribution in [0.1, 0.15) is 258 Å². The van der Waals surface area contributed by atoms with Crippen molar-refractivity contribution in [2.24, 2.45) is 0 Å². The molecule has 1 atom stereocenters. The maximum atomic E-state index is 12.8. The zero-order valence-corrected chi connectivity index (χ0v) is 42.0. The lowest BCUT2D eigenvalue weighted by atomic mass is 10.1. The van der Waals surface area contributed by atoms with Gasteiger partial charge in [-0.3, -0.25) is 14.4 Å². The zero-order chi connectivity index (χ0) is 46.5. The molecule has 0 heterocycles. The Morgan fingerprint density at radius 1 is 0.328 bits per heavy atom. The average Bonchev–Trinajstić information content (AvgIpc) is 3.29. The fourth-order valence-electron chi connectivity index (χ4n) is 7.41. The molecule has 368 valence electrons. The van der Waals surface area contributed by atoms with Crippen LogP contribution in [-0.2, 0) is 28.6 Å². The van der Waals surface area contributed by atoms with Gasteiger partial charge in [-0.15, -0.1) is 0 Å². The molecule has 64 heavy (non-hydrogen) atoms. The number of esters is 3. The van der Waals surface area contributed by atoms with Gasteiger partial charge in [-0.1, -0.05) is 229 Å². The summed E-state index contributed by atoms with van der Waals surface area (Å²) in [6.07, 6.45) is 66.1. The normalized spacial score (nSPS) is 12.6. The third-order valence-corrected chi connectivity index (χ3v) is 11.4. The first-order chi connectivity index (χ1) is 31.5. The first-order valence-electron chi connectivity index (χ1n) is 26.9. The van der Waals surface area contributed by atoms with E-state index in [0.717, 1.165) is 116 Å². The highest BCUT2D eigenvalue weighted by Gasteiger charge is 2.19. The molecule has 1 unspecified atom stereocenters. The molecule has 6 heteroatoms. The van der Waals surface area contributed by atoms with E-state index in [9.17, 15) is 14.4 Å². The van der Waals surface area contributed by atoms with Crippen LogP contribution in [0.4, 0.5) is 0 Å². The largest absolute Gasteiger partial charge is 0.462 e. The lowest BCUT2D eigenvalue weighted by Crippen LogP contribution is -2.30. The van der Waals surface area contributed by atoms with E-state index < -0.39 is 6.10 Å². The van der Waals surface area contributed by atoms with Crippen LogP contribution in [0.2, 0.25) is 0 Å². The number of unbranched alkanes of at least 4 members (excludes halogenated alkanes) is 25. The topological polar surface area (TPSA) is 78.9 Å². The van der Waals surface area contributed by atoms with Crippen LogP contribution in [0.3, 0.4) is 0 Å². The fourth-order valence-corrected chi connectivity index (χ4v) is 7.41. The summed E-state index contributed by atoms with van der Waals surface area (Å²) < 4.78 is 16.8. The van der Waals surface area contributed by atoms with Crippen LogP contribution in [0.5, 0.6) is 0 Å². The predicted octanol–water partition coefficient (Wildman–Crippen LogP) is 17.8. The van der Waals surface area contributed by atoms with Crippen LogP contribution in [0, 0.1) is 0 Å². The molecule has 0 amide bonds. The van der Waals surface area contributed by atoms with E-state index in [4.69, 9.17) is 14.2 Å². The number of ether oxygens (including phenoxy) is 3. The van der Waals surface area contributed by atoms with Crippen molar-refractivity contribution < 1.29 is 28.6 Å². The predicted molar refractivity (Wildman–Crippen MR) is 274 cm³/mol. The highest BCUT2D eigenvalue weighted by Crippen LogP contribution is 2.15. The Balaban J connectivity index is 4.27. The quantitative estimate of drug-likeness (QED) is 0.0262. The third-order valence-electron chi connectivity index (χ3n) is 11.4. The van der Waals surface area contributed by atoms with Gasteiger partial charge in [0.1, 0.15) is 13.2 Å². The van der Waals surface area contributed by atoms with Crippen molar-refractivity contribution in [3.8, 4) is 0 Å². The minimum absolute atomic E-state index is 0.0805. The minimum atomic E-state index is -0.781. The minimum Gasteiger partial charge on any atom is -0.462 e. The number of rotatable bonds is 48. The molecule has 0 aliphatic heterocycles. The summed E-state index contributed by atoms with van der Waals surface area (Å²) in [5.41, 5.74) is 0. The summed E-state index contributed by atoms with van der Waals surface area (Å²) in [6, 6.07) is 0. The molecule has 0 saturated heterocycles. The van der Waals surface area contributed by atoms with E-state index in [1.54, 1.807) is 0 Å². The Labute approximate surface area is 395 Å². The first-order valence-corrected chi connectivity index (χ1v) is 26.9. The Morgan fingerprint density at radius 2 is 0.641 bits per heavy atom. The van der Waals surface area contributed by atoms with Crippen LogP contribution in [0.15, 0.2) is 72.9 Å². The molecule has 0 aromatic carbocycles. The maximum Gasteiger partial charge on any atom is 0.306 e. The number of carbonyl (C=O) groups excluding carboxylic acids is 3. The zero-order valence-electron chi connectivity index (χ0n) is 42.0. The number of hydrogen-bond donors (Lipinski definition) is 0. The van der Waals surface area contributed by atoms with E-state index in [2.05, 4.69) is 93.7 Å². The maximum absolute atomic E-state index is 12.8. The molecule has 0 aromatic heterocycles. The molecular formula is C58H100O6. The lowest BCUT2D eigenvalue weighted by molar-refractivity contribution is -0.167. The SMILES string of the molecule is CC/C=C\C/C=C\C/C=C\C/C=C\CCCCCCCCCCCCC(=O)OCC(COC(=O)CCCCCCCCCCCC)OC(=O)CCCCCCC/C=C\C/C=C\CCC. The summed E-state index contributed by atoms with van der Waals surface area (Å²) in [6.45, 7) is 6.44. The Morgan fingerprint density at radius 3 is 1.02 bits per heavy atom. The first kappa shape index (κ1) is 60.9. The van der Waals surface area contributed by atoms with E-state index in [-0.39, 0.29) is 31.1 Å². The molecule has 6 nitrogen and oxygen atoms in total. The van der Waals surface area contributed by atoms with Crippen LogP contribution < -0.4 is 0 Å². The van der Waals surface area contributed by atoms with Gasteiger partial charge in [0.2, 0.25) is 0 Å². The van der Waals surface area contributed by atoms with Crippen molar-refractivity contribution in [3.05, 3.63) is 72.9 Å². The van der Waals surface area contributed by atoms with Crippen LogP contribution in [0.25, 0.3) is 0 Å². The van der Waals surface area contributed by atoms with Gasteiger partial charge in [-0.25, -0.2) is 0 Å². The number of allylic oxidation sites excluding steroid dienone is 12. The number of carbonyl (C=O) groups is 3. The highest BCUT2D eigenvalue weighted by atomic mass is 16.6. The molecule has 0 saturated carbocycles. The standard InChI is InChI=1S/C58H100O6/c1-4-7-10-13-16-19-22-24-25-26-27-28-29-30-31-32-33-35-36-39-42-45-48-51-57(60)63-54-55(53-62-56(59)50-47-44-41-38-21-18-15-12-9-6-3)64-58(61)52-49-46-43-40-37-34-23-20-17-14-11-8-5-2/h7,10-11,14,16,19-20,23-25,27-28,55H,4-6,8-9,12-13,15,17-18,21-22,26,29-54H2,1-3H3/b10-7-,14-11-,19-16-,23-20-,25-24-,28-27-. The van der Waals surface area contributed by atoms with E-state index in [1.165, 1.54) is 103 Å². The van der Waals surface area contributed by atoms with Crippen molar-refractivity contribution >= 4 is 17.9 Å². The lowest BCUT2D eigenvalue weighted by Gasteiger charge is -2.18. The van der Waals surface area contributed by atoms with Crippen LogP contribution in [-0.4, -0.2) is 37.2 Å². The summed E-state index contributed by atoms with van der Waals surface area (Å²) >= 11 is 0. The molecule has 0 aliphatic rings. The van der Waals surface area contributed by atoms with Gasteiger partial charge in [-0.05, 0) is 83.5 Å². The molecule has 0 rings (SSSR count).